The van der Waals surface area contributed by atoms with Gasteiger partial charge in [0.15, 0.2) is 0 Å². The molecule has 2 N–H and O–H groups in total. The molecule has 0 spiro atoms. The summed E-state index contributed by atoms with van der Waals surface area (Å²) in [6.45, 7) is 1.72. The highest BCUT2D eigenvalue weighted by Crippen LogP contribution is 2.34. The van der Waals surface area contributed by atoms with Gasteiger partial charge in [0.25, 0.3) is 0 Å². The Kier molecular flexibility index (Phi) is 4.79. The molecule has 1 unspecified atom stereocenters. The van der Waals surface area contributed by atoms with Crippen molar-refractivity contribution in [2.75, 3.05) is 6.54 Å². The monoisotopic (exact) mass is 276 g/mol. The second-order valence-corrected chi connectivity index (χ2v) is 6.61. The van der Waals surface area contributed by atoms with Gasteiger partial charge in [-0.15, -0.1) is 0 Å². The molecule has 112 valence electrons. The average Bonchev–Trinajstić information content (AvgIpc) is 3.20. The van der Waals surface area contributed by atoms with Crippen LogP contribution in [0.15, 0.2) is 22.8 Å². The van der Waals surface area contributed by atoms with E-state index >= 15 is 0 Å². The lowest BCUT2D eigenvalue weighted by Crippen LogP contribution is -2.43. The molecule has 0 aromatic carbocycles. The van der Waals surface area contributed by atoms with Crippen molar-refractivity contribution >= 4 is 0 Å². The number of rotatable bonds is 7. The van der Waals surface area contributed by atoms with Crippen molar-refractivity contribution in [2.24, 2.45) is 11.7 Å². The fraction of sp³-hybridized carbons (Fsp3) is 0.765. The molecule has 0 saturated heterocycles. The van der Waals surface area contributed by atoms with Crippen molar-refractivity contribution in [3.05, 3.63) is 24.2 Å². The van der Waals surface area contributed by atoms with Crippen molar-refractivity contribution in [3.8, 4) is 0 Å². The molecule has 1 heterocycles. The molecule has 2 aliphatic carbocycles. The zero-order valence-corrected chi connectivity index (χ0v) is 12.5. The smallest absolute Gasteiger partial charge is 0.117 e. The van der Waals surface area contributed by atoms with Crippen LogP contribution in [0.5, 0.6) is 0 Å². The minimum atomic E-state index is 0.538. The maximum atomic E-state index is 6.11. The van der Waals surface area contributed by atoms with Crippen molar-refractivity contribution in [3.63, 3.8) is 0 Å². The third-order valence-electron chi connectivity index (χ3n) is 5.01. The molecular weight excluding hydrogens is 248 g/mol. The zero-order valence-electron chi connectivity index (χ0n) is 12.5. The largest absolute Gasteiger partial charge is 0.468 e. The Bertz CT molecular complexity index is 380. The van der Waals surface area contributed by atoms with Crippen LogP contribution < -0.4 is 5.73 Å². The summed E-state index contributed by atoms with van der Waals surface area (Å²) < 4.78 is 5.54. The Morgan fingerprint density at radius 1 is 1.20 bits per heavy atom. The molecule has 20 heavy (non-hydrogen) atoms. The molecular formula is C17H28N2O. The molecule has 2 aliphatic rings. The van der Waals surface area contributed by atoms with Crippen LogP contribution in [0.2, 0.25) is 0 Å². The maximum absolute atomic E-state index is 6.11. The lowest BCUT2D eigenvalue weighted by atomic mass is 9.84. The third-order valence-corrected chi connectivity index (χ3v) is 5.01. The summed E-state index contributed by atoms with van der Waals surface area (Å²) >= 11 is 0. The fourth-order valence-corrected chi connectivity index (χ4v) is 3.72. The van der Waals surface area contributed by atoms with E-state index in [-0.39, 0.29) is 0 Å². The van der Waals surface area contributed by atoms with Crippen molar-refractivity contribution in [2.45, 2.75) is 70.0 Å². The highest BCUT2D eigenvalue weighted by molar-refractivity contribution is 5.01. The normalized spacial score (nSPS) is 22.3. The van der Waals surface area contributed by atoms with E-state index in [1.165, 1.54) is 51.4 Å². The van der Waals surface area contributed by atoms with Crippen LogP contribution in [0.4, 0.5) is 0 Å². The van der Waals surface area contributed by atoms with Gasteiger partial charge in [-0.1, -0.05) is 32.1 Å². The van der Waals surface area contributed by atoms with E-state index in [0.717, 1.165) is 30.8 Å². The molecule has 0 amide bonds. The summed E-state index contributed by atoms with van der Waals surface area (Å²) in [6.07, 6.45) is 12.8. The van der Waals surface area contributed by atoms with E-state index < -0.39 is 0 Å². The van der Waals surface area contributed by atoms with Crippen molar-refractivity contribution < 1.29 is 4.42 Å². The first-order valence-corrected chi connectivity index (χ1v) is 8.35. The number of nitrogens with two attached hydrogens (primary N) is 1. The predicted molar refractivity (Wildman–Crippen MR) is 81.3 cm³/mol. The van der Waals surface area contributed by atoms with Crippen LogP contribution in [0.25, 0.3) is 0 Å². The fourth-order valence-electron chi connectivity index (χ4n) is 3.72. The summed E-state index contributed by atoms with van der Waals surface area (Å²) in [5.41, 5.74) is 6.11. The molecule has 3 heteroatoms. The quantitative estimate of drug-likeness (QED) is 0.828. The maximum Gasteiger partial charge on any atom is 0.117 e. The van der Waals surface area contributed by atoms with Crippen molar-refractivity contribution in [1.29, 1.82) is 0 Å². The van der Waals surface area contributed by atoms with Crippen LogP contribution >= 0.6 is 0 Å². The molecule has 1 aromatic heterocycles. The first kappa shape index (κ1) is 14.2. The van der Waals surface area contributed by atoms with Crippen LogP contribution in [0.3, 0.4) is 0 Å². The highest BCUT2D eigenvalue weighted by Gasteiger charge is 2.35. The minimum absolute atomic E-state index is 0.538. The predicted octanol–water partition coefficient (Wildman–Crippen LogP) is 3.54. The van der Waals surface area contributed by atoms with E-state index in [9.17, 15) is 0 Å². The molecule has 0 radical (unpaired) electrons. The average molecular weight is 276 g/mol. The first-order valence-electron chi connectivity index (χ1n) is 8.35. The first-order chi connectivity index (χ1) is 9.86. The second-order valence-electron chi connectivity index (χ2n) is 6.61. The van der Waals surface area contributed by atoms with Crippen LogP contribution in [-0.4, -0.2) is 23.5 Å². The lowest BCUT2D eigenvalue weighted by molar-refractivity contribution is 0.134. The summed E-state index contributed by atoms with van der Waals surface area (Å²) in [5, 5.41) is 0. The molecule has 3 nitrogen and oxygen atoms in total. The second kappa shape index (κ2) is 6.77. The Morgan fingerprint density at radius 3 is 2.60 bits per heavy atom. The number of hydrogen-bond donors (Lipinski definition) is 1. The van der Waals surface area contributed by atoms with E-state index in [4.69, 9.17) is 10.2 Å². The van der Waals surface area contributed by atoms with Gasteiger partial charge in [0.05, 0.1) is 12.8 Å². The van der Waals surface area contributed by atoms with Gasteiger partial charge in [0, 0.05) is 18.6 Å². The lowest BCUT2D eigenvalue weighted by Gasteiger charge is -2.34. The van der Waals surface area contributed by atoms with E-state index in [2.05, 4.69) is 11.0 Å². The van der Waals surface area contributed by atoms with Gasteiger partial charge in [-0.2, -0.15) is 0 Å². The summed E-state index contributed by atoms with van der Waals surface area (Å²) in [4.78, 5) is 2.62. The van der Waals surface area contributed by atoms with Gasteiger partial charge in [0.1, 0.15) is 5.76 Å². The van der Waals surface area contributed by atoms with Gasteiger partial charge >= 0.3 is 0 Å². The molecule has 1 aromatic rings. The molecule has 0 aliphatic heterocycles. The van der Waals surface area contributed by atoms with Gasteiger partial charge in [-0.25, -0.2) is 0 Å². The minimum Gasteiger partial charge on any atom is -0.468 e. The Morgan fingerprint density at radius 2 is 2.00 bits per heavy atom. The van der Waals surface area contributed by atoms with Gasteiger partial charge in [0.2, 0.25) is 0 Å². The molecule has 2 fully saturated rings. The van der Waals surface area contributed by atoms with Crippen LogP contribution in [0, 0.1) is 5.92 Å². The van der Waals surface area contributed by atoms with E-state index in [0.29, 0.717) is 6.04 Å². The Labute approximate surface area is 122 Å². The number of nitrogens with zero attached hydrogens (tertiary/aromatic N) is 1. The number of furan rings is 1. The number of hydrogen-bond acceptors (Lipinski definition) is 3. The zero-order chi connectivity index (χ0) is 13.8. The molecule has 2 saturated carbocycles. The van der Waals surface area contributed by atoms with Gasteiger partial charge in [-0.05, 0) is 37.3 Å². The SMILES string of the molecule is NCC(CC1CCCCC1)N(Cc1ccco1)C1CC1. The highest BCUT2D eigenvalue weighted by atomic mass is 16.3. The van der Waals surface area contributed by atoms with Crippen molar-refractivity contribution in [1.82, 2.24) is 4.90 Å². The summed E-state index contributed by atoms with van der Waals surface area (Å²) in [7, 11) is 0. The topological polar surface area (TPSA) is 42.4 Å². The van der Waals surface area contributed by atoms with Crippen LogP contribution in [0.1, 0.15) is 57.1 Å². The Balaban J connectivity index is 1.61. The standard InChI is InChI=1S/C17H28N2O/c18-12-16(11-14-5-2-1-3-6-14)19(15-8-9-15)13-17-7-4-10-20-17/h4,7,10,14-16H,1-3,5-6,8-9,11-13,18H2. The molecule has 0 bridgehead atoms. The van der Waals surface area contributed by atoms with Crippen LogP contribution in [-0.2, 0) is 6.54 Å². The Hall–Kier alpha value is -0.800. The van der Waals surface area contributed by atoms with Gasteiger partial charge < -0.3 is 10.2 Å². The third kappa shape index (κ3) is 3.64. The van der Waals surface area contributed by atoms with E-state index in [1.54, 1.807) is 6.26 Å². The van der Waals surface area contributed by atoms with E-state index in [1.807, 2.05) is 6.07 Å². The van der Waals surface area contributed by atoms with Gasteiger partial charge in [-0.3, -0.25) is 4.90 Å². The molecule has 1 atom stereocenters. The summed E-state index contributed by atoms with van der Waals surface area (Å²) in [6, 6.07) is 5.36. The summed E-state index contributed by atoms with van der Waals surface area (Å²) in [5.74, 6) is 1.98. The molecule has 3 rings (SSSR count).